The average molecular weight is 480 g/mol. The molecule has 1 aromatic heterocycles. The lowest BCUT2D eigenvalue weighted by molar-refractivity contribution is 0.0860. The third kappa shape index (κ3) is 4.72. The Kier molecular flexibility index (Phi) is 6.40. The largest absolute Gasteiger partial charge is 0.450 e. The van der Waals surface area contributed by atoms with Crippen molar-refractivity contribution >= 4 is 23.4 Å². The maximum Gasteiger partial charge on any atom is 0.409 e. The van der Waals surface area contributed by atoms with E-state index in [9.17, 15) is 14.4 Å². The highest BCUT2D eigenvalue weighted by Crippen LogP contribution is 2.38. The molecule has 2 saturated heterocycles. The zero-order chi connectivity index (χ0) is 24.5. The van der Waals surface area contributed by atoms with E-state index in [1.807, 2.05) is 22.8 Å². The van der Waals surface area contributed by atoms with Gasteiger partial charge in [0.2, 0.25) is 0 Å². The number of ether oxygens (including phenoxy) is 1. The Morgan fingerprint density at radius 2 is 1.91 bits per heavy atom. The highest BCUT2D eigenvalue weighted by molar-refractivity contribution is 5.96. The summed E-state index contributed by atoms with van der Waals surface area (Å²) in [6, 6.07) is 11.1. The molecule has 0 aliphatic carbocycles. The van der Waals surface area contributed by atoms with E-state index in [-0.39, 0.29) is 23.6 Å². The van der Waals surface area contributed by atoms with Crippen molar-refractivity contribution in [2.75, 3.05) is 43.4 Å². The first-order valence-electron chi connectivity index (χ1n) is 12.5. The van der Waals surface area contributed by atoms with Gasteiger partial charge in [-0.1, -0.05) is 6.07 Å². The van der Waals surface area contributed by atoms with Crippen LogP contribution in [0.3, 0.4) is 0 Å². The van der Waals surface area contributed by atoms with E-state index in [0.717, 1.165) is 37.4 Å². The van der Waals surface area contributed by atoms with Gasteiger partial charge in [0.25, 0.3) is 11.5 Å². The fourth-order valence-electron chi connectivity index (χ4n) is 5.77. The Morgan fingerprint density at radius 1 is 1.11 bits per heavy atom. The van der Waals surface area contributed by atoms with E-state index >= 15 is 0 Å². The van der Waals surface area contributed by atoms with Gasteiger partial charge in [0.05, 0.1) is 18.0 Å². The second-order valence-corrected chi connectivity index (χ2v) is 9.81. The summed E-state index contributed by atoms with van der Waals surface area (Å²) in [6.07, 6.45) is 2.17. The van der Waals surface area contributed by atoms with E-state index in [0.29, 0.717) is 55.6 Å². The second kappa shape index (κ2) is 9.64. The molecule has 3 N–H and O–H groups in total. The van der Waals surface area contributed by atoms with Crippen molar-refractivity contribution in [3.63, 3.8) is 0 Å². The third-order valence-electron chi connectivity index (χ3n) is 7.47. The van der Waals surface area contributed by atoms with Gasteiger partial charge in [-0.05, 0) is 56.4 Å². The van der Waals surface area contributed by atoms with Crippen LogP contribution in [0.25, 0.3) is 0 Å². The molecule has 3 aliphatic heterocycles. The first-order valence-corrected chi connectivity index (χ1v) is 12.5. The Morgan fingerprint density at radius 3 is 2.66 bits per heavy atom. The number of rotatable bonds is 4. The van der Waals surface area contributed by atoms with Crippen molar-refractivity contribution in [1.82, 2.24) is 14.8 Å². The summed E-state index contributed by atoms with van der Waals surface area (Å²) < 4.78 is 6.98. The van der Waals surface area contributed by atoms with Gasteiger partial charge in [0.15, 0.2) is 0 Å². The molecule has 2 amide bonds. The van der Waals surface area contributed by atoms with Gasteiger partial charge >= 0.3 is 6.09 Å². The lowest BCUT2D eigenvalue weighted by Crippen LogP contribution is -2.47. The van der Waals surface area contributed by atoms with Crippen LogP contribution >= 0.6 is 0 Å². The van der Waals surface area contributed by atoms with E-state index in [2.05, 4.69) is 16.3 Å². The second-order valence-electron chi connectivity index (χ2n) is 9.81. The van der Waals surface area contributed by atoms with Crippen molar-refractivity contribution in [2.24, 2.45) is 5.92 Å². The summed E-state index contributed by atoms with van der Waals surface area (Å²) in [5.41, 5.74) is 9.67. The number of hydrogen-bond acceptors (Lipinski definition) is 6. The van der Waals surface area contributed by atoms with Crippen LogP contribution in [0.5, 0.6) is 0 Å². The topological polar surface area (TPSA) is 110 Å². The number of anilines is 2. The fourth-order valence-corrected chi connectivity index (χ4v) is 5.77. The number of nitrogens with two attached hydrogens (primary N) is 1. The SMILES string of the molecule is CCOC(=O)N1CCC(NC(=O)c2ccc(N3CC4CC(C3)c3cccc(=O)n3C4)c(N)c2)CC1. The van der Waals surface area contributed by atoms with Crippen LogP contribution in [-0.4, -0.2) is 60.3 Å². The number of likely N-dealkylation sites (tertiary alicyclic amines) is 1. The number of aromatic nitrogens is 1. The number of carbonyl (C=O) groups is 2. The van der Waals surface area contributed by atoms with Crippen LogP contribution in [0, 0.1) is 5.92 Å². The molecule has 0 spiro atoms. The summed E-state index contributed by atoms with van der Waals surface area (Å²) in [5.74, 6) is 0.533. The van der Waals surface area contributed by atoms with Gasteiger partial charge in [0, 0.05) is 62.0 Å². The lowest BCUT2D eigenvalue weighted by atomic mass is 9.83. The monoisotopic (exact) mass is 479 g/mol. The fraction of sp³-hybridized carbons (Fsp3) is 0.500. The number of pyridine rings is 1. The minimum atomic E-state index is -0.293. The summed E-state index contributed by atoms with van der Waals surface area (Å²) in [6.45, 7) is 5.66. The number of amides is 2. The molecule has 9 heteroatoms. The van der Waals surface area contributed by atoms with Crippen LogP contribution in [0.15, 0.2) is 41.2 Å². The van der Waals surface area contributed by atoms with Crippen LogP contribution in [0.4, 0.5) is 16.2 Å². The molecule has 0 radical (unpaired) electrons. The molecule has 3 aliphatic rings. The average Bonchev–Trinajstić information content (AvgIpc) is 2.85. The molecule has 186 valence electrons. The Labute approximate surface area is 204 Å². The van der Waals surface area contributed by atoms with Crippen LogP contribution in [0.2, 0.25) is 0 Å². The molecule has 5 rings (SSSR count). The summed E-state index contributed by atoms with van der Waals surface area (Å²) >= 11 is 0. The number of hydrogen-bond donors (Lipinski definition) is 2. The number of nitrogen functional groups attached to an aromatic ring is 1. The van der Waals surface area contributed by atoms with Crippen molar-refractivity contribution in [3.05, 3.63) is 58.0 Å². The van der Waals surface area contributed by atoms with Gasteiger partial charge in [-0.25, -0.2) is 4.79 Å². The van der Waals surface area contributed by atoms with Gasteiger partial charge < -0.3 is 30.2 Å². The number of fused-ring (bicyclic) bond motifs is 4. The van der Waals surface area contributed by atoms with Crippen molar-refractivity contribution < 1.29 is 14.3 Å². The highest BCUT2D eigenvalue weighted by Gasteiger charge is 2.35. The number of carbonyl (C=O) groups excluding carboxylic acids is 2. The molecule has 2 bridgehead atoms. The standard InChI is InChI=1S/C26H33N5O4/c1-2-35-26(34)29-10-8-20(9-11-29)28-25(33)18-6-7-23(21(27)13-18)30-14-17-12-19(16-30)22-4-3-5-24(32)31(22)15-17/h3-7,13,17,19-20H,2,8-12,14-16,27H2,1H3,(H,28,33). The molecule has 0 saturated carbocycles. The van der Waals surface area contributed by atoms with Crippen molar-refractivity contribution in [2.45, 2.75) is 44.7 Å². The molecule has 4 heterocycles. The molecule has 2 fully saturated rings. The molecule has 2 unspecified atom stereocenters. The summed E-state index contributed by atoms with van der Waals surface area (Å²) in [7, 11) is 0. The predicted octanol–water partition coefficient (Wildman–Crippen LogP) is 2.40. The minimum absolute atomic E-state index is 0.0130. The minimum Gasteiger partial charge on any atom is -0.450 e. The molecule has 35 heavy (non-hydrogen) atoms. The van der Waals surface area contributed by atoms with Gasteiger partial charge in [0.1, 0.15) is 0 Å². The maximum atomic E-state index is 12.9. The van der Waals surface area contributed by atoms with Gasteiger partial charge in [-0.2, -0.15) is 0 Å². The number of nitrogens with zero attached hydrogens (tertiary/aromatic N) is 3. The van der Waals surface area contributed by atoms with Gasteiger partial charge in [-0.15, -0.1) is 0 Å². The smallest absolute Gasteiger partial charge is 0.409 e. The Hall–Kier alpha value is -3.49. The molecule has 9 nitrogen and oxygen atoms in total. The molecule has 2 aromatic rings. The van der Waals surface area contributed by atoms with E-state index in [1.165, 1.54) is 0 Å². The molecular weight excluding hydrogens is 446 g/mol. The van der Waals surface area contributed by atoms with E-state index in [1.54, 1.807) is 24.0 Å². The first-order chi connectivity index (χ1) is 16.9. The van der Waals surface area contributed by atoms with E-state index < -0.39 is 0 Å². The van der Waals surface area contributed by atoms with E-state index in [4.69, 9.17) is 10.5 Å². The normalized spacial score (nSPS) is 21.9. The van der Waals surface area contributed by atoms with Crippen molar-refractivity contribution in [1.29, 1.82) is 0 Å². The van der Waals surface area contributed by atoms with Crippen molar-refractivity contribution in [3.8, 4) is 0 Å². The molecule has 1 aromatic carbocycles. The third-order valence-corrected chi connectivity index (χ3v) is 7.47. The van der Waals surface area contributed by atoms with Crippen LogP contribution < -0.4 is 21.5 Å². The highest BCUT2D eigenvalue weighted by atomic mass is 16.6. The lowest BCUT2D eigenvalue weighted by Gasteiger charge is -2.44. The maximum absolute atomic E-state index is 12.9. The summed E-state index contributed by atoms with van der Waals surface area (Å²) in [5, 5.41) is 3.08. The van der Waals surface area contributed by atoms with Crippen LogP contribution in [-0.2, 0) is 11.3 Å². The predicted molar refractivity (Wildman–Crippen MR) is 134 cm³/mol. The zero-order valence-electron chi connectivity index (χ0n) is 20.1. The zero-order valence-corrected chi connectivity index (χ0v) is 20.1. The molecular formula is C26H33N5O4. The van der Waals surface area contributed by atoms with Crippen LogP contribution in [0.1, 0.15) is 48.2 Å². The number of benzene rings is 1. The number of piperidine rings is 2. The quantitative estimate of drug-likeness (QED) is 0.652. The van der Waals surface area contributed by atoms with Gasteiger partial charge in [-0.3, -0.25) is 9.59 Å². The summed E-state index contributed by atoms with van der Waals surface area (Å²) in [4.78, 5) is 41.0. The Bertz CT molecular complexity index is 1170. The number of nitrogens with one attached hydrogen (secondary N) is 1. The molecule has 2 atom stereocenters. The first kappa shape index (κ1) is 23.3. The Balaban J connectivity index is 1.22.